The molecule has 2 rings (SSSR count). The molecule has 4 nitrogen and oxygen atoms in total. The topological polar surface area (TPSA) is 67.6 Å². The number of nitrogens with two attached hydrogens (primary N) is 1. The van der Waals surface area contributed by atoms with Gasteiger partial charge in [-0.3, -0.25) is 5.10 Å². The van der Waals surface area contributed by atoms with Crippen LogP contribution < -0.4 is 5.73 Å². The van der Waals surface area contributed by atoms with Crippen molar-refractivity contribution in [2.45, 2.75) is 64.7 Å². The summed E-state index contributed by atoms with van der Waals surface area (Å²) in [5.41, 5.74) is 6.14. The summed E-state index contributed by atoms with van der Waals surface area (Å²) < 4.78 is 0. The summed E-state index contributed by atoms with van der Waals surface area (Å²) in [6.45, 7) is 7.33. The lowest BCUT2D eigenvalue weighted by atomic mass is 9.84. The molecule has 0 bridgehead atoms. The average molecular weight is 250 g/mol. The van der Waals surface area contributed by atoms with Crippen LogP contribution in [0.4, 0.5) is 0 Å². The predicted molar refractivity (Wildman–Crippen MR) is 73.5 cm³/mol. The normalized spacial score (nSPS) is 19.3. The Morgan fingerprint density at radius 1 is 1.33 bits per heavy atom. The van der Waals surface area contributed by atoms with E-state index in [1.54, 1.807) is 0 Å². The second kappa shape index (κ2) is 5.39. The molecule has 0 aliphatic heterocycles. The van der Waals surface area contributed by atoms with Crippen LogP contribution in [0.1, 0.15) is 76.4 Å². The minimum Gasteiger partial charge on any atom is -0.330 e. The second-order valence-electron chi connectivity index (χ2n) is 6.76. The number of hydrogen-bond donors (Lipinski definition) is 2. The number of hydrogen-bond acceptors (Lipinski definition) is 3. The van der Waals surface area contributed by atoms with Crippen LogP contribution in [0.3, 0.4) is 0 Å². The van der Waals surface area contributed by atoms with Crippen molar-refractivity contribution in [1.29, 1.82) is 0 Å². The van der Waals surface area contributed by atoms with Crippen LogP contribution in [0.15, 0.2) is 0 Å². The zero-order chi connectivity index (χ0) is 13.2. The lowest BCUT2D eigenvalue weighted by Crippen LogP contribution is -2.20. The van der Waals surface area contributed by atoms with E-state index in [-0.39, 0.29) is 11.3 Å². The molecule has 4 heteroatoms. The fourth-order valence-electron chi connectivity index (χ4n) is 2.87. The average Bonchev–Trinajstić information content (AvgIpc) is 2.94. The van der Waals surface area contributed by atoms with E-state index in [4.69, 9.17) is 10.7 Å². The summed E-state index contributed by atoms with van der Waals surface area (Å²) in [6, 6.07) is 0. The number of rotatable bonds is 4. The van der Waals surface area contributed by atoms with Gasteiger partial charge in [0.2, 0.25) is 0 Å². The van der Waals surface area contributed by atoms with Gasteiger partial charge >= 0.3 is 0 Å². The van der Waals surface area contributed by atoms with Gasteiger partial charge in [-0.15, -0.1) is 0 Å². The number of nitrogens with zero attached hydrogens (tertiary/aromatic N) is 2. The molecule has 3 N–H and O–H groups in total. The van der Waals surface area contributed by atoms with Gasteiger partial charge in [-0.1, -0.05) is 33.6 Å². The van der Waals surface area contributed by atoms with E-state index in [9.17, 15) is 0 Å². The smallest absolute Gasteiger partial charge is 0.155 e. The molecule has 1 aliphatic carbocycles. The van der Waals surface area contributed by atoms with Gasteiger partial charge in [-0.2, -0.15) is 5.10 Å². The largest absolute Gasteiger partial charge is 0.330 e. The lowest BCUT2D eigenvalue weighted by molar-refractivity contribution is 0.336. The van der Waals surface area contributed by atoms with Gasteiger partial charge in [0.15, 0.2) is 5.82 Å². The maximum Gasteiger partial charge on any atom is 0.155 e. The number of aromatic nitrogens is 3. The fourth-order valence-corrected chi connectivity index (χ4v) is 2.87. The summed E-state index contributed by atoms with van der Waals surface area (Å²) in [7, 11) is 0. The Kier molecular flexibility index (Phi) is 4.05. The predicted octanol–water partition coefficient (Wildman–Crippen LogP) is 2.94. The zero-order valence-corrected chi connectivity index (χ0v) is 11.9. The Balaban J connectivity index is 2.07. The third-order valence-electron chi connectivity index (χ3n) is 3.77. The van der Waals surface area contributed by atoms with Gasteiger partial charge < -0.3 is 5.73 Å². The molecule has 1 heterocycles. The maximum atomic E-state index is 5.88. The molecule has 0 spiro atoms. The van der Waals surface area contributed by atoms with Gasteiger partial charge in [0, 0.05) is 18.4 Å². The third kappa shape index (κ3) is 3.31. The van der Waals surface area contributed by atoms with Crippen LogP contribution in [0.25, 0.3) is 0 Å². The SMILES string of the molecule is CC(C)(C)CC(CN)c1n[nH]c(C2CCCC2)n1. The number of H-pyrrole nitrogens is 1. The van der Waals surface area contributed by atoms with Crippen molar-refractivity contribution in [3.63, 3.8) is 0 Å². The van der Waals surface area contributed by atoms with Gasteiger partial charge in [0.25, 0.3) is 0 Å². The van der Waals surface area contributed by atoms with Crippen LogP contribution in [-0.2, 0) is 0 Å². The first-order chi connectivity index (χ1) is 8.49. The molecule has 0 aromatic carbocycles. The van der Waals surface area contributed by atoms with Gasteiger partial charge in [0.05, 0.1) is 0 Å². The van der Waals surface area contributed by atoms with Crippen molar-refractivity contribution in [2.24, 2.45) is 11.1 Å². The van der Waals surface area contributed by atoms with Gasteiger partial charge in [-0.25, -0.2) is 4.98 Å². The van der Waals surface area contributed by atoms with E-state index in [0.29, 0.717) is 12.5 Å². The molecule has 1 atom stereocenters. The molecule has 1 aliphatic rings. The molecule has 18 heavy (non-hydrogen) atoms. The minimum absolute atomic E-state index is 0.262. The second-order valence-corrected chi connectivity index (χ2v) is 6.76. The Labute approximate surface area is 110 Å². The standard InChI is InChI=1S/C14H26N4/c1-14(2,3)8-11(9-15)13-16-12(17-18-13)10-6-4-5-7-10/h10-11H,4-9,15H2,1-3H3,(H,16,17,18). The first-order valence-corrected chi connectivity index (χ1v) is 7.12. The molecule has 1 fully saturated rings. The molecule has 0 amide bonds. The molecule has 0 saturated heterocycles. The minimum atomic E-state index is 0.262. The third-order valence-corrected chi connectivity index (χ3v) is 3.77. The first kappa shape index (κ1) is 13.5. The van der Waals surface area contributed by atoms with Crippen LogP contribution >= 0.6 is 0 Å². The maximum absolute atomic E-state index is 5.88. The Hall–Kier alpha value is -0.900. The quantitative estimate of drug-likeness (QED) is 0.863. The summed E-state index contributed by atoms with van der Waals surface area (Å²) in [5, 5.41) is 7.53. The van der Waals surface area contributed by atoms with Crippen LogP contribution in [0.2, 0.25) is 0 Å². The van der Waals surface area contributed by atoms with Crippen molar-refractivity contribution in [2.75, 3.05) is 6.54 Å². The summed E-state index contributed by atoms with van der Waals surface area (Å²) >= 11 is 0. The molecule has 1 unspecified atom stereocenters. The summed E-state index contributed by atoms with van der Waals surface area (Å²) in [4.78, 5) is 4.70. The Bertz CT molecular complexity index is 371. The Morgan fingerprint density at radius 3 is 2.56 bits per heavy atom. The highest BCUT2D eigenvalue weighted by atomic mass is 15.2. The van der Waals surface area contributed by atoms with E-state index in [1.807, 2.05) is 0 Å². The Morgan fingerprint density at radius 2 is 2.00 bits per heavy atom. The molecular formula is C14H26N4. The van der Waals surface area contributed by atoms with Crippen molar-refractivity contribution in [3.05, 3.63) is 11.6 Å². The highest BCUT2D eigenvalue weighted by Crippen LogP contribution is 2.33. The number of aromatic amines is 1. The highest BCUT2D eigenvalue weighted by Gasteiger charge is 2.25. The van der Waals surface area contributed by atoms with E-state index in [0.717, 1.165) is 18.1 Å². The van der Waals surface area contributed by atoms with Crippen molar-refractivity contribution in [1.82, 2.24) is 15.2 Å². The van der Waals surface area contributed by atoms with E-state index >= 15 is 0 Å². The first-order valence-electron chi connectivity index (χ1n) is 7.12. The van der Waals surface area contributed by atoms with Crippen molar-refractivity contribution in [3.8, 4) is 0 Å². The van der Waals surface area contributed by atoms with Crippen LogP contribution in [-0.4, -0.2) is 21.7 Å². The molecule has 0 radical (unpaired) electrons. The number of nitrogens with one attached hydrogen (secondary N) is 1. The molecule has 1 saturated carbocycles. The van der Waals surface area contributed by atoms with Crippen molar-refractivity contribution < 1.29 is 0 Å². The lowest BCUT2D eigenvalue weighted by Gasteiger charge is -2.23. The summed E-state index contributed by atoms with van der Waals surface area (Å²) in [6.07, 6.45) is 6.18. The molecule has 1 aromatic rings. The van der Waals surface area contributed by atoms with Crippen molar-refractivity contribution >= 4 is 0 Å². The molecule has 1 aromatic heterocycles. The highest BCUT2D eigenvalue weighted by molar-refractivity contribution is 5.04. The molecule has 102 valence electrons. The van der Waals surface area contributed by atoms with E-state index < -0.39 is 0 Å². The summed E-state index contributed by atoms with van der Waals surface area (Å²) in [5.74, 6) is 2.86. The molecular weight excluding hydrogens is 224 g/mol. The van der Waals surface area contributed by atoms with Crippen LogP contribution in [0.5, 0.6) is 0 Å². The van der Waals surface area contributed by atoms with Gasteiger partial charge in [0.1, 0.15) is 5.82 Å². The van der Waals surface area contributed by atoms with E-state index in [2.05, 4.69) is 31.0 Å². The zero-order valence-electron chi connectivity index (χ0n) is 11.9. The van der Waals surface area contributed by atoms with Gasteiger partial charge in [-0.05, 0) is 24.7 Å². The monoisotopic (exact) mass is 250 g/mol. The van der Waals surface area contributed by atoms with E-state index in [1.165, 1.54) is 25.7 Å². The van der Waals surface area contributed by atoms with Crippen LogP contribution in [0, 0.1) is 5.41 Å². The fraction of sp³-hybridized carbons (Fsp3) is 0.857.